The van der Waals surface area contributed by atoms with Crippen LogP contribution in [0.2, 0.25) is 0 Å². The predicted molar refractivity (Wildman–Crippen MR) is 74.0 cm³/mol. The third kappa shape index (κ3) is 4.33. The molecule has 0 spiro atoms. The highest BCUT2D eigenvalue weighted by Crippen LogP contribution is 2.07. The zero-order valence-corrected chi connectivity index (χ0v) is 11.1. The van der Waals surface area contributed by atoms with Gasteiger partial charge < -0.3 is 9.15 Å². The number of nitrogens with zero attached hydrogens (tertiary/aromatic N) is 2. The van der Waals surface area contributed by atoms with Crippen molar-refractivity contribution in [1.29, 1.82) is 0 Å². The number of hydrogen-bond donors (Lipinski definition) is 1. The number of nitrogens with one attached hydrogen (secondary N) is 1. The van der Waals surface area contributed by atoms with E-state index in [2.05, 4.69) is 15.5 Å². The van der Waals surface area contributed by atoms with E-state index >= 15 is 0 Å². The van der Waals surface area contributed by atoms with E-state index in [1.165, 1.54) is 6.08 Å². The van der Waals surface area contributed by atoms with Gasteiger partial charge in [-0.1, -0.05) is 35.4 Å². The Morgan fingerprint density at radius 3 is 2.90 bits per heavy atom. The Bertz CT molecular complexity index is 578. The summed E-state index contributed by atoms with van der Waals surface area (Å²) < 4.78 is 10.1. The smallest absolute Gasteiger partial charge is 0.322 e. The number of hydrogen-bond acceptors (Lipinski definition) is 5. The predicted octanol–water partition coefficient (Wildman–Crippen LogP) is 1.91. The van der Waals surface area contributed by atoms with Gasteiger partial charge in [0.2, 0.25) is 5.89 Å². The van der Waals surface area contributed by atoms with E-state index in [0.29, 0.717) is 18.9 Å². The van der Waals surface area contributed by atoms with E-state index in [1.54, 1.807) is 13.2 Å². The molecule has 1 aromatic carbocycles. The SMILES string of the molecule is COCCc1nnc(NC(=O)C=Cc2ccccc2)o1. The van der Waals surface area contributed by atoms with Crippen LogP contribution in [0, 0.1) is 0 Å². The van der Waals surface area contributed by atoms with Gasteiger partial charge in [-0.2, -0.15) is 0 Å². The van der Waals surface area contributed by atoms with Crippen LogP contribution in [0.3, 0.4) is 0 Å². The lowest BCUT2D eigenvalue weighted by molar-refractivity contribution is -0.112. The van der Waals surface area contributed by atoms with Crippen molar-refractivity contribution in [2.75, 3.05) is 19.0 Å². The first-order valence-electron chi connectivity index (χ1n) is 6.13. The molecule has 2 aromatic rings. The second-order valence-corrected chi connectivity index (χ2v) is 3.98. The summed E-state index contributed by atoms with van der Waals surface area (Å²) in [6, 6.07) is 9.60. The molecular formula is C14H15N3O3. The maximum absolute atomic E-state index is 11.7. The molecule has 0 fully saturated rings. The number of aromatic nitrogens is 2. The molecule has 1 aromatic heterocycles. The average Bonchev–Trinajstić information content (AvgIpc) is 2.91. The minimum absolute atomic E-state index is 0.0822. The molecule has 6 nitrogen and oxygen atoms in total. The van der Waals surface area contributed by atoms with Gasteiger partial charge in [0.05, 0.1) is 6.61 Å². The van der Waals surface area contributed by atoms with Crippen LogP contribution in [0.15, 0.2) is 40.8 Å². The monoisotopic (exact) mass is 273 g/mol. The van der Waals surface area contributed by atoms with Gasteiger partial charge in [-0.25, -0.2) is 0 Å². The van der Waals surface area contributed by atoms with Crippen molar-refractivity contribution in [1.82, 2.24) is 10.2 Å². The fourth-order valence-electron chi connectivity index (χ4n) is 1.48. The first-order valence-corrected chi connectivity index (χ1v) is 6.13. The van der Waals surface area contributed by atoms with Crippen molar-refractivity contribution in [3.8, 4) is 0 Å². The van der Waals surface area contributed by atoms with Crippen LogP contribution < -0.4 is 5.32 Å². The molecule has 0 atom stereocenters. The number of rotatable bonds is 6. The van der Waals surface area contributed by atoms with Gasteiger partial charge >= 0.3 is 6.01 Å². The molecule has 0 aliphatic carbocycles. The van der Waals surface area contributed by atoms with Crippen LogP contribution >= 0.6 is 0 Å². The summed E-state index contributed by atoms with van der Waals surface area (Å²) in [5, 5.41) is 10.0. The fraction of sp³-hybridized carbons (Fsp3) is 0.214. The van der Waals surface area contributed by atoms with Gasteiger partial charge in [0, 0.05) is 19.6 Å². The highest BCUT2D eigenvalue weighted by molar-refractivity contribution is 6.00. The zero-order valence-electron chi connectivity index (χ0n) is 11.1. The molecule has 1 N–H and O–H groups in total. The molecule has 6 heteroatoms. The third-order valence-electron chi connectivity index (χ3n) is 2.44. The summed E-state index contributed by atoms with van der Waals surface area (Å²) in [7, 11) is 1.59. The zero-order chi connectivity index (χ0) is 14.2. The van der Waals surface area contributed by atoms with Gasteiger partial charge in [-0.05, 0) is 11.6 Å². The Morgan fingerprint density at radius 2 is 2.15 bits per heavy atom. The normalized spacial score (nSPS) is 10.8. The minimum atomic E-state index is -0.323. The molecule has 1 heterocycles. The van der Waals surface area contributed by atoms with E-state index in [1.807, 2.05) is 30.3 Å². The Balaban J connectivity index is 1.88. The molecule has 2 rings (SSSR count). The first-order chi connectivity index (χ1) is 9.78. The molecule has 0 unspecified atom stereocenters. The molecule has 0 aliphatic rings. The molecule has 0 saturated carbocycles. The summed E-state index contributed by atoms with van der Waals surface area (Å²) >= 11 is 0. The molecule has 104 valence electrons. The number of carbonyl (C=O) groups excluding carboxylic acids is 1. The fourth-order valence-corrected chi connectivity index (χ4v) is 1.48. The average molecular weight is 273 g/mol. The minimum Gasteiger partial charge on any atom is -0.408 e. The molecule has 0 bridgehead atoms. The van der Waals surface area contributed by atoms with Crippen molar-refractivity contribution < 1.29 is 13.9 Å². The summed E-state index contributed by atoms with van der Waals surface area (Å²) in [5.41, 5.74) is 0.939. The van der Waals surface area contributed by atoms with E-state index in [-0.39, 0.29) is 11.9 Å². The summed E-state index contributed by atoms with van der Waals surface area (Å²) in [5.74, 6) is 0.102. The van der Waals surface area contributed by atoms with E-state index in [0.717, 1.165) is 5.56 Å². The van der Waals surface area contributed by atoms with Crippen LogP contribution in [-0.4, -0.2) is 29.8 Å². The number of anilines is 1. The summed E-state index contributed by atoms with van der Waals surface area (Å²) in [6.45, 7) is 0.490. The molecular weight excluding hydrogens is 258 g/mol. The van der Waals surface area contributed by atoms with Crippen molar-refractivity contribution in [2.45, 2.75) is 6.42 Å². The van der Waals surface area contributed by atoms with Crippen molar-refractivity contribution in [2.24, 2.45) is 0 Å². The van der Waals surface area contributed by atoms with E-state index in [4.69, 9.17) is 9.15 Å². The standard InChI is InChI=1S/C14H15N3O3/c1-19-10-9-13-16-17-14(20-13)15-12(18)8-7-11-5-3-2-4-6-11/h2-8H,9-10H2,1H3,(H,15,17,18). The molecule has 0 radical (unpaired) electrons. The number of carbonyl (C=O) groups is 1. The number of amides is 1. The Morgan fingerprint density at radius 1 is 1.35 bits per heavy atom. The van der Waals surface area contributed by atoms with Gasteiger partial charge in [-0.15, -0.1) is 5.10 Å². The van der Waals surface area contributed by atoms with E-state index in [9.17, 15) is 4.79 Å². The lowest BCUT2D eigenvalue weighted by atomic mass is 10.2. The number of ether oxygens (including phenoxy) is 1. The lowest BCUT2D eigenvalue weighted by Crippen LogP contribution is -2.07. The van der Waals surface area contributed by atoms with Crippen LogP contribution in [0.25, 0.3) is 6.08 Å². The topological polar surface area (TPSA) is 77.3 Å². The van der Waals surface area contributed by atoms with Crippen LogP contribution in [0.1, 0.15) is 11.5 Å². The Labute approximate surface area is 116 Å². The van der Waals surface area contributed by atoms with Crippen molar-refractivity contribution >= 4 is 18.0 Å². The lowest BCUT2D eigenvalue weighted by Gasteiger charge is -1.95. The van der Waals surface area contributed by atoms with Gasteiger partial charge in [0.1, 0.15) is 0 Å². The van der Waals surface area contributed by atoms with Gasteiger partial charge in [-0.3, -0.25) is 10.1 Å². The second-order valence-electron chi connectivity index (χ2n) is 3.98. The van der Waals surface area contributed by atoms with E-state index < -0.39 is 0 Å². The maximum atomic E-state index is 11.7. The highest BCUT2D eigenvalue weighted by Gasteiger charge is 2.07. The van der Waals surface area contributed by atoms with Crippen molar-refractivity contribution in [3.05, 3.63) is 47.9 Å². The summed E-state index contributed by atoms with van der Waals surface area (Å²) in [4.78, 5) is 11.7. The molecule has 1 amide bonds. The second kappa shape index (κ2) is 7.20. The quantitative estimate of drug-likeness (QED) is 0.813. The Hall–Kier alpha value is -2.47. The molecule has 0 aliphatic heterocycles. The first kappa shape index (κ1) is 14.0. The third-order valence-corrected chi connectivity index (χ3v) is 2.44. The number of methoxy groups -OCH3 is 1. The van der Waals surface area contributed by atoms with Gasteiger partial charge in [0.25, 0.3) is 5.91 Å². The maximum Gasteiger partial charge on any atom is 0.322 e. The van der Waals surface area contributed by atoms with Crippen molar-refractivity contribution in [3.63, 3.8) is 0 Å². The highest BCUT2D eigenvalue weighted by atomic mass is 16.5. The van der Waals surface area contributed by atoms with Gasteiger partial charge in [0.15, 0.2) is 0 Å². The Kier molecular flexibility index (Phi) is 5.02. The number of benzene rings is 1. The largest absolute Gasteiger partial charge is 0.408 e. The molecule has 0 saturated heterocycles. The van der Waals surface area contributed by atoms with Crippen LogP contribution in [0.5, 0.6) is 0 Å². The molecule has 20 heavy (non-hydrogen) atoms. The van der Waals surface area contributed by atoms with Crippen LogP contribution in [-0.2, 0) is 16.0 Å². The summed E-state index contributed by atoms with van der Waals surface area (Å²) in [6.07, 6.45) is 3.63. The van der Waals surface area contributed by atoms with Crippen LogP contribution in [0.4, 0.5) is 6.01 Å².